The number of benzene rings is 6. The lowest BCUT2D eigenvalue weighted by atomic mass is 10.0. The molecule has 0 aliphatic carbocycles. The number of hydrogen-bond acceptors (Lipinski definition) is 11. The Kier molecular flexibility index (Phi) is 18.7. The third-order valence-electron chi connectivity index (χ3n) is 11.0. The lowest BCUT2D eigenvalue weighted by Gasteiger charge is -2.31. The Hall–Kier alpha value is -7.23. The number of ether oxygens (including phenoxy) is 6. The zero-order valence-corrected chi connectivity index (χ0v) is 40.1. The zero-order chi connectivity index (χ0) is 49.3. The Bertz CT molecular complexity index is 2540. The SMILES string of the molecule is CN(C)C(=O)Cl.COc1ccc(C2N[C@@H](c3ccccc3)[C@H](C(=O)OCc3ccccc3)O2)cc1.COc1ccc(C2O[C@@H](C(=O)OCc3ccccc3)[C@H](c3ccccc3)N2C(=O)N(C)C)cc1. The number of rotatable bonds is 12. The summed E-state index contributed by atoms with van der Waals surface area (Å²) in [6.45, 7) is 0.337. The normalized spacial score (nSPS) is 19.1. The quantitative estimate of drug-likeness (QED) is 0.0711. The maximum atomic E-state index is 13.4. The molecular weight excluding hydrogens is 900 g/mol. The van der Waals surface area contributed by atoms with Crippen molar-refractivity contribution in [2.24, 2.45) is 0 Å². The molecule has 14 nitrogen and oxygen atoms in total. The molecule has 69 heavy (non-hydrogen) atoms. The molecule has 2 fully saturated rings. The number of carbonyl (C=O) groups is 4. The molecule has 1 N–H and O–H groups in total. The Morgan fingerprint density at radius 3 is 1.39 bits per heavy atom. The molecule has 6 atom stereocenters. The summed E-state index contributed by atoms with van der Waals surface area (Å²) in [6, 6.07) is 51.9. The molecular formula is C54H57ClN4O10. The fourth-order valence-corrected chi connectivity index (χ4v) is 7.41. The summed E-state index contributed by atoms with van der Waals surface area (Å²) in [5.41, 5.74) is 5.23. The second-order valence-electron chi connectivity index (χ2n) is 16.2. The number of methoxy groups -OCH3 is 2. The molecule has 0 bridgehead atoms. The number of amides is 3. The molecule has 2 aliphatic rings. The predicted octanol–water partition coefficient (Wildman–Crippen LogP) is 9.63. The van der Waals surface area contributed by atoms with Crippen LogP contribution in [0.2, 0.25) is 0 Å². The van der Waals surface area contributed by atoms with Crippen LogP contribution in [0.25, 0.3) is 0 Å². The van der Waals surface area contributed by atoms with Crippen LogP contribution in [-0.4, -0.2) is 92.7 Å². The molecule has 3 amide bonds. The summed E-state index contributed by atoms with van der Waals surface area (Å²) < 4.78 is 34.1. The van der Waals surface area contributed by atoms with E-state index in [1.54, 1.807) is 59.4 Å². The van der Waals surface area contributed by atoms with Crippen molar-refractivity contribution in [1.29, 1.82) is 0 Å². The van der Waals surface area contributed by atoms with Gasteiger partial charge in [-0.1, -0.05) is 146 Å². The topological polar surface area (TPSA) is 145 Å². The first-order valence-electron chi connectivity index (χ1n) is 22.1. The van der Waals surface area contributed by atoms with Crippen LogP contribution in [0.1, 0.15) is 57.9 Å². The molecule has 6 aromatic carbocycles. The first kappa shape index (κ1) is 51.2. The van der Waals surface area contributed by atoms with Gasteiger partial charge in [0.15, 0.2) is 18.4 Å². The van der Waals surface area contributed by atoms with Gasteiger partial charge in [-0.3, -0.25) is 15.0 Å². The van der Waals surface area contributed by atoms with E-state index >= 15 is 0 Å². The van der Waals surface area contributed by atoms with Gasteiger partial charge < -0.3 is 38.2 Å². The summed E-state index contributed by atoms with van der Waals surface area (Å²) in [7, 11) is 9.76. The third-order valence-corrected chi connectivity index (χ3v) is 11.4. The van der Waals surface area contributed by atoms with Crippen LogP contribution in [0.4, 0.5) is 9.59 Å². The monoisotopic (exact) mass is 956 g/mol. The second kappa shape index (κ2) is 25.2. The molecule has 0 radical (unpaired) electrons. The van der Waals surface area contributed by atoms with Crippen molar-refractivity contribution in [1.82, 2.24) is 20.0 Å². The fraction of sp³-hybridized carbons (Fsp3) is 0.259. The average molecular weight is 958 g/mol. The van der Waals surface area contributed by atoms with Crippen molar-refractivity contribution >= 4 is 34.9 Å². The van der Waals surface area contributed by atoms with E-state index in [0.717, 1.165) is 39.1 Å². The highest BCUT2D eigenvalue weighted by molar-refractivity contribution is 6.62. The summed E-state index contributed by atoms with van der Waals surface area (Å²) in [5, 5.41) is 2.99. The summed E-state index contributed by atoms with van der Waals surface area (Å²) in [5.74, 6) is 0.548. The van der Waals surface area contributed by atoms with Crippen LogP contribution < -0.4 is 14.8 Å². The van der Waals surface area contributed by atoms with Gasteiger partial charge in [0, 0.05) is 33.8 Å². The molecule has 15 heteroatoms. The Morgan fingerprint density at radius 2 is 0.957 bits per heavy atom. The fourth-order valence-electron chi connectivity index (χ4n) is 7.41. The predicted molar refractivity (Wildman–Crippen MR) is 261 cm³/mol. The molecule has 2 saturated heterocycles. The van der Waals surface area contributed by atoms with Gasteiger partial charge in [-0.25, -0.2) is 14.4 Å². The Labute approximate surface area is 408 Å². The molecule has 2 unspecified atom stereocenters. The molecule has 0 saturated carbocycles. The number of nitrogens with zero attached hydrogens (tertiary/aromatic N) is 3. The summed E-state index contributed by atoms with van der Waals surface area (Å²) >= 11 is 4.90. The van der Waals surface area contributed by atoms with Gasteiger partial charge in [-0.15, -0.1) is 0 Å². The zero-order valence-electron chi connectivity index (χ0n) is 39.3. The van der Waals surface area contributed by atoms with E-state index in [2.05, 4.69) is 5.32 Å². The van der Waals surface area contributed by atoms with Gasteiger partial charge >= 0.3 is 23.3 Å². The number of hydrogen-bond donors (Lipinski definition) is 1. The molecule has 0 aromatic heterocycles. The van der Waals surface area contributed by atoms with Crippen molar-refractivity contribution in [2.75, 3.05) is 42.4 Å². The lowest BCUT2D eigenvalue weighted by Crippen LogP contribution is -2.42. The maximum Gasteiger partial charge on any atom is 0.338 e. The van der Waals surface area contributed by atoms with Gasteiger partial charge in [0.1, 0.15) is 30.9 Å². The van der Waals surface area contributed by atoms with Crippen molar-refractivity contribution in [3.63, 3.8) is 0 Å². The lowest BCUT2D eigenvalue weighted by molar-refractivity contribution is -0.159. The van der Waals surface area contributed by atoms with E-state index in [1.807, 2.05) is 158 Å². The second-order valence-corrected chi connectivity index (χ2v) is 16.5. The molecule has 6 aromatic rings. The van der Waals surface area contributed by atoms with E-state index < -0.39 is 42.0 Å². The highest BCUT2D eigenvalue weighted by atomic mass is 35.5. The van der Waals surface area contributed by atoms with Gasteiger partial charge in [-0.2, -0.15) is 0 Å². The minimum atomic E-state index is -0.998. The van der Waals surface area contributed by atoms with Crippen LogP contribution >= 0.6 is 11.6 Å². The van der Waals surface area contributed by atoms with E-state index in [4.69, 9.17) is 40.0 Å². The minimum Gasteiger partial charge on any atom is -0.497 e. The molecule has 8 rings (SSSR count). The number of esters is 2. The Morgan fingerprint density at radius 1 is 0.536 bits per heavy atom. The van der Waals surface area contributed by atoms with Crippen LogP contribution in [0.15, 0.2) is 170 Å². The van der Waals surface area contributed by atoms with E-state index in [1.165, 1.54) is 9.80 Å². The summed E-state index contributed by atoms with van der Waals surface area (Å²) in [6.07, 6.45) is -2.93. The number of carbonyl (C=O) groups excluding carboxylic acids is 4. The van der Waals surface area contributed by atoms with Crippen molar-refractivity contribution in [2.45, 2.75) is 50.0 Å². The highest BCUT2D eigenvalue weighted by Crippen LogP contribution is 2.44. The number of urea groups is 1. The van der Waals surface area contributed by atoms with E-state index in [0.29, 0.717) is 5.75 Å². The number of halogens is 1. The van der Waals surface area contributed by atoms with E-state index in [-0.39, 0.29) is 31.3 Å². The van der Waals surface area contributed by atoms with Crippen LogP contribution in [0.5, 0.6) is 11.5 Å². The van der Waals surface area contributed by atoms with Crippen LogP contribution in [0.3, 0.4) is 0 Å². The van der Waals surface area contributed by atoms with Gasteiger partial charge in [0.05, 0.1) is 26.3 Å². The Balaban J connectivity index is 0.000000205. The molecule has 0 spiro atoms. The smallest absolute Gasteiger partial charge is 0.338 e. The molecule has 2 heterocycles. The standard InChI is InChI=1S/C27H28N2O5.C24H23NO4.C3H6ClNO/c1-28(2)27(31)29-23(20-12-8-5-9-13-20)24(26(30)33-18-19-10-6-4-7-11-19)34-25(29)21-14-16-22(32-3)17-15-21;1-27-20-14-12-19(13-15-20)23-25-21(18-10-6-3-7-11-18)22(29-23)24(26)28-16-17-8-4-2-5-9-17;1-5(2)3(4)6/h4-17,23-25H,18H2,1-3H3;2-15,21-23,25H,16H2,1H3;1-2H3/t23-,24+,25?;21-,22+,23?;/m00./s1. The maximum absolute atomic E-state index is 13.4. The van der Waals surface area contributed by atoms with Gasteiger partial charge in [-0.05, 0) is 63.7 Å². The number of nitrogens with one attached hydrogen (secondary N) is 1. The van der Waals surface area contributed by atoms with Crippen LogP contribution in [0, 0.1) is 0 Å². The highest BCUT2D eigenvalue weighted by Gasteiger charge is 2.51. The van der Waals surface area contributed by atoms with Crippen molar-refractivity contribution < 1.29 is 47.6 Å². The summed E-state index contributed by atoms with van der Waals surface area (Å²) in [4.78, 5) is 53.8. The van der Waals surface area contributed by atoms with Gasteiger partial charge in [0.25, 0.3) is 0 Å². The molecule has 360 valence electrons. The first-order chi connectivity index (χ1) is 33.4. The van der Waals surface area contributed by atoms with E-state index in [9.17, 15) is 19.2 Å². The third kappa shape index (κ3) is 13.9. The van der Waals surface area contributed by atoms with Gasteiger partial charge in [0.2, 0.25) is 0 Å². The minimum absolute atomic E-state index is 0.121. The molecule has 2 aliphatic heterocycles. The largest absolute Gasteiger partial charge is 0.497 e. The first-order valence-corrected chi connectivity index (χ1v) is 22.5. The average Bonchev–Trinajstić information content (AvgIpc) is 4.03. The van der Waals surface area contributed by atoms with Crippen molar-refractivity contribution in [3.05, 3.63) is 203 Å². The van der Waals surface area contributed by atoms with Crippen LogP contribution in [-0.2, 0) is 41.8 Å². The van der Waals surface area contributed by atoms with Crippen molar-refractivity contribution in [3.8, 4) is 11.5 Å².